The third kappa shape index (κ3) is 4.88. The molecule has 7 heteroatoms. The number of carbonyl (C=O) groups is 1. The third-order valence-electron chi connectivity index (χ3n) is 2.80. The lowest BCUT2D eigenvalue weighted by atomic mass is 10.2. The number of aromatic carboxylic acids is 1. The average molecular weight is 364 g/mol. The molecule has 2 N–H and O–H groups in total. The van der Waals surface area contributed by atoms with E-state index in [0.717, 1.165) is 31.7 Å². The standard InChI is InChI=1S/C13H18BrNO4S/c1-2-3-4-5-8-15-20(18,19)10-6-7-12(14)11(9-10)13(16)17/h6-7,9,15H,2-5,8H2,1H3,(H,16,17). The third-order valence-corrected chi connectivity index (χ3v) is 4.95. The molecular weight excluding hydrogens is 346 g/mol. The maximum atomic E-state index is 12.0. The minimum Gasteiger partial charge on any atom is -0.478 e. The number of rotatable bonds is 8. The zero-order valence-corrected chi connectivity index (χ0v) is 13.6. The van der Waals surface area contributed by atoms with E-state index >= 15 is 0 Å². The molecule has 0 amide bonds. The molecule has 0 aliphatic heterocycles. The summed E-state index contributed by atoms with van der Waals surface area (Å²) in [7, 11) is -3.65. The predicted octanol–water partition coefficient (Wildman–Crippen LogP) is 3.01. The minimum absolute atomic E-state index is 0.0337. The summed E-state index contributed by atoms with van der Waals surface area (Å²) in [6, 6.07) is 3.96. The lowest BCUT2D eigenvalue weighted by Gasteiger charge is -2.08. The molecule has 112 valence electrons. The van der Waals surface area contributed by atoms with Gasteiger partial charge in [0, 0.05) is 11.0 Å². The fourth-order valence-corrected chi connectivity index (χ4v) is 3.19. The molecule has 0 saturated heterocycles. The molecule has 1 rings (SSSR count). The molecule has 0 aromatic heterocycles. The summed E-state index contributed by atoms with van der Waals surface area (Å²) in [6.45, 7) is 2.44. The van der Waals surface area contributed by atoms with Gasteiger partial charge in [-0.15, -0.1) is 0 Å². The van der Waals surface area contributed by atoms with Crippen molar-refractivity contribution in [1.82, 2.24) is 4.72 Å². The summed E-state index contributed by atoms with van der Waals surface area (Å²) in [5.74, 6) is -1.17. The number of sulfonamides is 1. The van der Waals surface area contributed by atoms with Gasteiger partial charge in [0.05, 0.1) is 10.5 Å². The van der Waals surface area contributed by atoms with Gasteiger partial charge >= 0.3 is 5.97 Å². The smallest absolute Gasteiger partial charge is 0.336 e. The number of benzene rings is 1. The number of unbranched alkanes of at least 4 members (excludes halogenated alkanes) is 3. The zero-order valence-electron chi connectivity index (χ0n) is 11.2. The Labute approximate surface area is 127 Å². The van der Waals surface area contributed by atoms with Crippen molar-refractivity contribution in [2.45, 2.75) is 37.5 Å². The van der Waals surface area contributed by atoms with Gasteiger partial charge in [-0.05, 0) is 40.5 Å². The van der Waals surface area contributed by atoms with Crippen LogP contribution in [0.3, 0.4) is 0 Å². The highest BCUT2D eigenvalue weighted by atomic mass is 79.9. The van der Waals surface area contributed by atoms with Crippen LogP contribution in [-0.4, -0.2) is 26.0 Å². The summed E-state index contributed by atoms with van der Waals surface area (Å²) < 4.78 is 26.9. The molecule has 0 radical (unpaired) electrons. The highest BCUT2D eigenvalue weighted by Crippen LogP contribution is 2.21. The average Bonchev–Trinajstić information content (AvgIpc) is 2.38. The zero-order chi connectivity index (χ0) is 15.2. The quantitative estimate of drug-likeness (QED) is 0.695. The first-order valence-corrected chi connectivity index (χ1v) is 8.68. The van der Waals surface area contributed by atoms with E-state index in [1.165, 1.54) is 12.1 Å². The Balaban J connectivity index is 2.77. The summed E-state index contributed by atoms with van der Waals surface area (Å²) in [6.07, 6.45) is 3.90. The fraction of sp³-hybridized carbons (Fsp3) is 0.462. The van der Waals surface area contributed by atoms with Crippen molar-refractivity contribution in [2.75, 3.05) is 6.54 Å². The van der Waals surface area contributed by atoms with Crippen LogP contribution in [0.1, 0.15) is 43.0 Å². The monoisotopic (exact) mass is 363 g/mol. The molecule has 20 heavy (non-hydrogen) atoms. The maximum absolute atomic E-state index is 12.0. The van der Waals surface area contributed by atoms with Gasteiger partial charge in [0.15, 0.2) is 0 Å². The first kappa shape index (κ1) is 17.1. The molecule has 1 aromatic carbocycles. The molecule has 0 aliphatic rings. The molecule has 0 spiro atoms. The Bertz CT molecular complexity index is 572. The van der Waals surface area contributed by atoms with E-state index in [-0.39, 0.29) is 10.5 Å². The molecule has 0 aliphatic carbocycles. The second kappa shape index (κ2) is 7.75. The second-order valence-corrected chi connectivity index (χ2v) is 7.03. The van der Waals surface area contributed by atoms with E-state index in [0.29, 0.717) is 11.0 Å². The minimum atomic E-state index is -3.65. The van der Waals surface area contributed by atoms with E-state index in [2.05, 4.69) is 27.6 Å². The van der Waals surface area contributed by atoms with Crippen LogP contribution in [-0.2, 0) is 10.0 Å². The fourth-order valence-electron chi connectivity index (χ4n) is 1.68. The van der Waals surface area contributed by atoms with Gasteiger partial charge in [0.25, 0.3) is 0 Å². The molecular formula is C13H18BrNO4S. The van der Waals surface area contributed by atoms with Gasteiger partial charge in [-0.3, -0.25) is 0 Å². The molecule has 0 heterocycles. The van der Waals surface area contributed by atoms with Crippen LogP contribution in [0.4, 0.5) is 0 Å². The Kier molecular flexibility index (Phi) is 6.64. The molecule has 0 unspecified atom stereocenters. The van der Waals surface area contributed by atoms with Crippen LogP contribution in [0.5, 0.6) is 0 Å². The molecule has 5 nitrogen and oxygen atoms in total. The van der Waals surface area contributed by atoms with Gasteiger partial charge in [-0.25, -0.2) is 17.9 Å². The molecule has 0 bridgehead atoms. The van der Waals surface area contributed by atoms with Gasteiger partial charge in [0.1, 0.15) is 0 Å². The van der Waals surface area contributed by atoms with E-state index in [9.17, 15) is 13.2 Å². The van der Waals surface area contributed by atoms with E-state index in [4.69, 9.17) is 5.11 Å². The van der Waals surface area contributed by atoms with Crippen molar-refractivity contribution >= 4 is 31.9 Å². The highest BCUT2D eigenvalue weighted by Gasteiger charge is 2.17. The van der Waals surface area contributed by atoms with Crippen LogP contribution in [0, 0.1) is 0 Å². The number of carboxylic acid groups (broad SMARTS) is 1. The molecule has 0 fully saturated rings. The Morgan fingerprint density at radius 1 is 1.30 bits per heavy atom. The summed E-state index contributed by atoms with van der Waals surface area (Å²) in [4.78, 5) is 11.0. The molecule has 0 saturated carbocycles. The van der Waals surface area contributed by atoms with E-state index < -0.39 is 16.0 Å². The first-order valence-electron chi connectivity index (χ1n) is 6.41. The lowest BCUT2D eigenvalue weighted by molar-refractivity contribution is 0.0695. The van der Waals surface area contributed by atoms with Crippen LogP contribution < -0.4 is 4.72 Å². The number of hydrogen-bond donors (Lipinski definition) is 2. The first-order chi connectivity index (χ1) is 9.38. The topological polar surface area (TPSA) is 83.5 Å². The maximum Gasteiger partial charge on any atom is 0.336 e. The van der Waals surface area contributed by atoms with Crippen molar-refractivity contribution < 1.29 is 18.3 Å². The SMILES string of the molecule is CCCCCCNS(=O)(=O)c1ccc(Br)c(C(=O)O)c1. The van der Waals surface area contributed by atoms with Crippen molar-refractivity contribution in [1.29, 1.82) is 0 Å². The Hall–Kier alpha value is -0.920. The summed E-state index contributed by atoms with van der Waals surface area (Å²) in [5, 5.41) is 8.98. The van der Waals surface area contributed by atoms with Crippen LogP contribution in [0.25, 0.3) is 0 Å². The van der Waals surface area contributed by atoms with Crippen molar-refractivity contribution in [3.8, 4) is 0 Å². The van der Waals surface area contributed by atoms with E-state index in [1.807, 2.05) is 0 Å². The summed E-state index contributed by atoms with van der Waals surface area (Å²) in [5.41, 5.74) is -0.0705. The van der Waals surface area contributed by atoms with Crippen molar-refractivity contribution in [2.24, 2.45) is 0 Å². The number of nitrogens with one attached hydrogen (secondary N) is 1. The number of hydrogen-bond acceptors (Lipinski definition) is 3. The Morgan fingerprint density at radius 2 is 2.00 bits per heavy atom. The predicted molar refractivity (Wildman–Crippen MR) is 80.4 cm³/mol. The van der Waals surface area contributed by atoms with Gasteiger partial charge in [0.2, 0.25) is 10.0 Å². The molecule has 1 aromatic rings. The summed E-state index contributed by atoms with van der Waals surface area (Å²) >= 11 is 3.08. The number of carboxylic acids is 1. The largest absolute Gasteiger partial charge is 0.478 e. The lowest BCUT2D eigenvalue weighted by Crippen LogP contribution is -2.25. The van der Waals surface area contributed by atoms with Crippen molar-refractivity contribution in [3.05, 3.63) is 28.2 Å². The number of halogens is 1. The van der Waals surface area contributed by atoms with Crippen LogP contribution in [0.2, 0.25) is 0 Å². The second-order valence-electron chi connectivity index (χ2n) is 4.41. The van der Waals surface area contributed by atoms with Crippen LogP contribution >= 0.6 is 15.9 Å². The van der Waals surface area contributed by atoms with Crippen LogP contribution in [0.15, 0.2) is 27.6 Å². The van der Waals surface area contributed by atoms with Gasteiger partial charge in [-0.2, -0.15) is 0 Å². The van der Waals surface area contributed by atoms with E-state index in [1.54, 1.807) is 0 Å². The molecule has 0 atom stereocenters. The van der Waals surface area contributed by atoms with Crippen molar-refractivity contribution in [3.63, 3.8) is 0 Å². The van der Waals surface area contributed by atoms with Gasteiger partial charge < -0.3 is 5.11 Å². The van der Waals surface area contributed by atoms with Gasteiger partial charge in [-0.1, -0.05) is 26.2 Å². The highest BCUT2D eigenvalue weighted by molar-refractivity contribution is 9.10. The Morgan fingerprint density at radius 3 is 2.60 bits per heavy atom. The normalized spacial score (nSPS) is 11.5.